The van der Waals surface area contributed by atoms with Crippen molar-refractivity contribution >= 4 is 0 Å². The fraction of sp³-hybridized carbons (Fsp3) is 0.727. The van der Waals surface area contributed by atoms with E-state index in [-0.39, 0.29) is 18.7 Å². The van der Waals surface area contributed by atoms with E-state index in [0.29, 0.717) is 6.54 Å². The SMILES string of the molecule is C[C@H](NCCOCC(F)(F)F)[C@H](C)n1cccn1. The van der Waals surface area contributed by atoms with Gasteiger partial charge in [0.25, 0.3) is 0 Å². The van der Waals surface area contributed by atoms with E-state index in [4.69, 9.17) is 0 Å². The summed E-state index contributed by atoms with van der Waals surface area (Å²) >= 11 is 0. The number of ether oxygens (including phenoxy) is 1. The summed E-state index contributed by atoms with van der Waals surface area (Å²) in [5.41, 5.74) is 0. The number of halogens is 3. The zero-order chi connectivity index (χ0) is 13.6. The lowest BCUT2D eigenvalue weighted by Crippen LogP contribution is -2.36. The van der Waals surface area contributed by atoms with E-state index in [1.807, 2.05) is 26.1 Å². The normalized spacial score (nSPS) is 15.6. The van der Waals surface area contributed by atoms with Crippen molar-refractivity contribution in [2.24, 2.45) is 0 Å². The van der Waals surface area contributed by atoms with Crippen molar-refractivity contribution in [2.75, 3.05) is 19.8 Å². The van der Waals surface area contributed by atoms with Crippen LogP contribution in [0.15, 0.2) is 18.5 Å². The highest BCUT2D eigenvalue weighted by Crippen LogP contribution is 2.14. The van der Waals surface area contributed by atoms with Crippen molar-refractivity contribution in [2.45, 2.75) is 32.1 Å². The summed E-state index contributed by atoms with van der Waals surface area (Å²) in [4.78, 5) is 0. The third-order valence-corrected chi connectivity index (χ3v) is 2.64. The number of rotatable bonds is 7. The summed E-state index contributed by atoms with van der Waals surface area (Å²) in [6.45, 7) is 3.16. The smallest absolute Gasteiger partial charge is 0.371 e. The molecule has 0 saturated heterocycles. The fourth-order valence-corrected chi connectivity index (χ4v) is 1.47. The first-order valence-electron chi connectivity index (χ1n) is 5.77. The number of nitrogens with zero attached hydrogens (tertiary/aromatic N) is 2. The molecule has 0 aliphatic carbocycles. The zero-order valence-electron chi connectivity index (χ0n) is 10.4. The molecule has 1 aromatic heterocycles. The average molecular weight is 265 g/mol. The molecule has 1 N–H and O–H groups in total. The lowest BCUT2D eigenvalue weighted by molar-refractivity contribution is -0.173. The maximum atomic E-state index is 11.8. The number of hydrogen-bond donors (Lipinski definition) is 1. The molecular weight excluding hydrogens is 247 g/mol. The van der Waals surface area contributed by atoms with E-state index in [2.05, 4.69) is 15.2 Å². The van der Waals surface area contributed by atoms with Crippen LogP contribution in [-0.4, -0.2) is 41.8 Å². The molecule has 1 aromatic rings. The fourth-order valence-electron chi connectivity index (χ4n) is 1.47. The van der Waals surface area contributed by atoms with Gasteiger partial charge in [0, 0.05) is 25.0 Å². The molecule has 0 aliphatic heterocycles. The molecule has 1 rings (SSSR count). The van der Waals surface area contributed by atoms with E-state index >= 15 is 0 Å². The molecule has 0 amide bonds. The maximum absolute atomic E-state index is 11.8. The van der Waals surface area contributed by atoms with Gasteiger partial charge in [0.2, 0.25) is 0 Å². The number of nitrogens with one attached hydrogen (secondary N) is 1. The molecule has 0 bridgehead atoms. The van der Waals surface area contributed by atoms with Gasteiger partial charge in [-0.25, -0.2) is 0 Å². The molecule has 0 spiro atoms. The molecule has 2 atom stereocenters. The van der Waals surface area contributed by atoms with Crippen molar-refractivity contribution in [1.82, 2.24) is 15.1 Å². The van der Waals surface area contributed by atoms with Gasteiger partial charge in [-0.1, -0.05) is 0 Å². The van der Waals surface area contributed by atoms with E-state index < -0.39 is 12.8 Å². The Morgan fingerprint density at radius 1 is 1.39 bits per heavy atom. The van der Waals surface area contributed by atoms with Gasteiger partial charge in [0.05, 0.1) is 12.6 Å². The van der Waals surface area contributed by atoms with Crippen LogP contribution < -0.4 is 5.32 Å². The summed E-state index contributed by atoms with van der Waals surface area (Å²) in [6, 6.07) is 2.05. The molecule has 0 aromatic carbocycles. The quantitative estimate of drug-likeness (QED) is 0.766. The minimum absolute atomic E-state index is 0.0374. The standard InChI is InChI=1S/C11H18F3N3O/c1-9(10(2)17-6-3-4-16-17)15-5-7-18-8-11(12,13)14/h3-4,6,9-10,15H,5,7-8H2,1-2H3/t9-,10-/m0/s1. The molecule has 0 unspecified atom stereocenters. The maximum Gasteiger partial charge on any atom is 0.411 e. The van der Waals surface area contributed by atoms with Gasteiger partial charge in [0.1, 0.15) is 6.61 Å². The van der Waals surface area contributed by atoms with Crippen molar-refractivity contribution < 1.29 is 17.9 Å². The van der Waals surface area contributed by atoms with Crippen LogP contribution in [-0.2, 0) is 4.74 Å². The second-order valence-electron chi connectivity index (χ2n) is 4.14. The minimum Gasteiger partial charge on any atom is -0.371 e. The van der Waals surface area contributed by atoms with Crippen molar-refractivity contribution in [3.8, 4) is 0 Å². The van der Waals surface area contributed by atoms with Crippen LogP contribution in [0.5, 0.6) is 0 Å². The molecule has 4 nitrogen and oxygen atoms in total. The van der Waals surface area contributed by atoms with E-state index in [1.54, 1.807) is 10.9 Å². The summed E-state index contributed by atoms with van der Waals surface area (Å²) < 4.78 is 41.7. The molecule has 0 aliphatic rings. The van der Waals surface area contributed by atoms with Gasteiger partial charge in [-0.3, -0.25) is 4.68 Å². The predicted molar refractivity (Wildman–Crippen MR) is 61.3 cm³/mol. The van der Waals surface area contributed by atoms with Gasteiger partial charge >= 0.3 is 6.18 Å². The van der Waals surface area contributed by atoms with Crippen molar-refractivity contribution in [3.05, 3.63) is 18.5 Å². The molecule has 104 valence electrons. The third kappa shape index (κ3) is 5.50. The lowest BCUT2D eigenvalue weighted by atomic mass is 10.2. The van der Waals surface area contributed by atoms with Crippen molar-refractivity contribution in [1.29, 1.82) is 0 Å². The van der Waals surface area contributed by atoms with Gasteiger partial charge in [-0.05, 0) is 19.9 Å². The Hall–Kier alpha value is -1.08. The molecule has 0 radical (unpaired) electrons. The second-order valence-corrected chi connectivity index (χ2v) is 4.14. The van der Waals surface area contributed by atoms with Crippen LogP contribution in [0.4, 0.5) is 13.2 Å². The third-order valence-electron chi connectivity index (χ3n) is 2.64. The monoisotopic (exact) mass is 265 g/mol. The Morgan fingerprint density at radius 2 is 2.11 bits per heavy atom. The van der Waals surface area contributed by atoms with E-state index in [1.165, 1.54) is 0 Å². The molecule has 1 heterocycles. The van der Waals surface area contributed by atoms with Crippen LogP contribution in [0.3, 0.4) is 0 Å². The summed E-state index contributed by atoms with van der Waals surface area (Å²) in [5, 5.41) is 7.21. The first-order valence-corrected chi connectivity index (χ1v) is 5.77. The Kier molecular flexibility index (Phi) is 5.61. The van der Waals surface area contributed by atoms with Crippen molar-refractivity contribution in [3.63, 3.8) is 0 Å². The molecule has 0 saturated carbocycles. The van der Waals surface area contributed by atoms with Crippen LogP contribution in [0, 0.1) is 0 Å². The van der Waals surface area contributed by atoms with Gasteiger partial charge in [-0.15, -0.1) is 0 Å². The van der Waals surface area contributed by atoms with Gasteiger partial charge in [0.15, 0.2) is 0 Å². The molecular formula is C11H18F3N3O. The van der Waals surface area contributed by atoms with Crippen LogP contribution in [0.1, 0.15) is 19.9 Å². The zero-order valence-corrected chi connectivity index (χ0v) is 10.4. The Bertz CT molecular complexity index is 327. The van der Waals surface area contributed by atoms with E-state index in [9.17, 15) is 13.2 Å². The minimum atomic E-state index is -4.26. The summed E-state index contributed by atoms with van der Waals surface area (Å²) in [5.74, 6) is 0. The van der Waals surface area contributed by atoms with Crippen LogP contribution in [0.2, 0.25) is 0 Å². The van der Waals surface area contributed by atoms with E-state index in [0.717, 1.165) is 0 Å². The van der Waals surface area contributed by atoms with Gasteiger partial charge < -0.3 is 10.1 Å². The van der Waals surface area contributed by atoms with Crippen LogP contribution >= 0.6 is 0 Å². The molecule has 18 heavy (non-hydrogen) atoms. The predicted octanol–water partition coefficient (Wildman–Crippen LogP) is 2.00. The highest BCUT2D eigenvalue weighted by molar-refractivity contribution is 4.83. The summed E-state index contributed by atoms with van der Waals surface area (Å²) in [6.07, 6.45) is -0.716. The number of aromatic nitrogens is 2. The number of alkyl halides is 3. The highest BCUT2D eigenvalue weighted by atomic mass is 19.4. The Labute approximate surface area is 104 Å². The number of hydrogen-bond acceptors (Lipinski definition) is 3. The van der Waals surface area contributed by atoms with Crippen LogP contribution in [0.25, 0.3) is 0 Å². The largest absolute Gasteiger partial charge is 0.411 e. The first-order chi connectivity index (χ1) is 8.40. The second kappa shape index (κ2) is 6.75. The van der Waals surface area contributed by atoms with Gasteiger partial charge in [-0.2, -0.15) is 18.3 Å². The average Bonchev–Trinajstić information content (AvgIpc) is 2.79. The Morgan fingerprint density at radius 3 is 2.67 bits per heavy atom. The molecule has 0 fully saturated rings. The lowest BCUT2D eigenvalue weighted by Gasteiger charge is -2.21. The molecule has 7 heteroatoms. The summed E-state index contributed by atoms with van der Waals surface area (Å²) in [7, 11) is 0. The topological polar surface area (TPSA) is 39.1 Å². The highest BCUT2D eigenvalue weighted by Gasteiger charge is 2.27. The Balaban J connectivity index is 2.16. The first kappa shape index (κ1) is 15.0.